The molecule has 1 saturated carbocycles. The number of aryl methyl sites for hydroxylation is 1. The molecular weight excluding hydrogens is 414 g/mol. The van der Waals surface area contributed by atoms with Crippen LogP contribution in [0.3, 0.4) is 0 Å². The third kappa shape index (κ3) is 6.69. The largest absolute Gasteiger partial charge is 0.465 e. The van der Waals surface area contributed by atoms with E-state index in [2.05, 4.69) is 35.4 Å². The van der Waals surface area contributed by atoms with Crippen molar-refractivity contribution >= 4 is 25.7 Å². The Labute approximate surface area is 183 Å². The van der Waals surface area contributed by atoms with Gasteiger partial charge in [-0.25, -0.2) is 9.48 Å². The summed E-state index contributed by atoms with van der Waals surface area (Å²) >= 11 is 0. The van der Waals surface area contributed by atoms with Crippen LogP contribution >= 0.6 is 0 Å². The number of nitrogens with one attached hydrogen (secondary N) is 2. The summed E-state index contributed by atoms with van der Waals surface area (Å²) in [6, 6.07) is 6.28. The number of rotatable bonds is 9. The minimum Gasteiger partial charge on any atom is -0.465 e. The van der Waals surface area contributed by atoms with Crippen molar-refractivity contribution in [3.63, 3.8) is 0 Å². The van der Waals surface area contributed by atoms with Gasteiger partial charge in [0.1, 0.15) is 6.73 Å². The maximum Gasteiger partial charge on any atom is 0.404 e. The van der Waals surface area contributed by atoms with E-state index in [-0.39, 0.29) is 17.5 Å². The molecule has 2 atom stereocenters. The van der Waals surface area contributed by atoms with Crippen LogP contribution in [0.5, 0.6) is 0 Å². The van der Waals surface area contributed by atoms with Crippen molar-refractivity contribution in [2.75, 3.05) is 11.9 Å². The van der Waals surface area contributed by atoms with E-state index in [1.165, 1.54) is 10.6 Å². The molecule has 2 aromatic rings. The Kier molecular flexibility index (Phi) is 7.21. The van der Waals surface area contributed by atoms with Gasteiger partial charge < -0.3 is 25.0 Å². The van der Waals surface area contributed by atoms with E-state index >= 15 is 0 Å². The van der Waals surface area contributed by atoms with Crippen molar-refractivity contribution in [2.45, 2.75) is 63.6 Å². The Balaban J connectivity index is 1.75. The predicted molar refractivity (Wildman–Crippen MR) is 123 cm³/mol. The standard InChI is InChI=1S/C21H33N5O4Si/c1-25-13-17(7-8-20(25)27)22-19-12-18(15-5-6-16(11-15)23-21(28)29)26(24-19)14-30-9-10-31(2,3)4/h7-8,12-13,15-16,23H,5-6,9-11,14H2,1-4H3,(H,22,24)(H,28,29)/t15?,16-/m0/s1. The third-order valence-corrected chi connectivity index (χ3v) is 7.26. The van der Waals surface area contributed by atoms with Crippen LogP contribution < -0.4 is 16.2 Å². The SMILES string of the molecule is Cn1cc(Nc2cc(C3CC[C@H](NC(=O)O)C3)n(COCC[Si](C)(C)C)n2)ccc1=O. The first-order valence-electron chi connectivity index (χ1n) is 10.7. The fourth-order valence-corrected chi connectivity index (χ4v) is 4.58. The molecule has 0 aromatic carbocycles. The minimum absolute atomic E-state index is 0.0429. The second-order valence-corrected chi connectivity index (χ2v) is 15.1. The number of carbonyl (C=O) groups is 1. The van der Waals surface area contributed by atoms with Crippen molar-refractivity contribution in [1.82, 2.24) is 19.7 Å². The summed E-state index contributed by atoms with van der Waals surface area (Å²) in [5.41, 5.74) is 1.74. The third-order valence-electron chi connectivity index (χ3n) is 5.56. The van der Waals surface area contributed by atoms with Gasteiger partial charge in [0.15, 0.2) is 5.82 Å². The zero-order chi connectivity index (χ0) is 22.6. The average Bonchev–Trinajstić information content (AvgIpc) is 3.27. The second kappa shape index (κ2) is 9.69. The molecule has 31 heavy (non-hydrogen) atoms. The molecule has 10 heteroatoms. The van der Waals surface area contributed by atoms with Crippen molar-refractivity contribution < 1.29 is 14.6 Å². The second-order valence-electron chi connectivity index (χ2n) is 9.45. The van der Waals surface area contributed by atoms with Gasteiger partial charge in [0.2, 0.25) is 5.56 Å². The highest BCUT2D eigenvalue weighted by molar-refractivity contribution is 6.76. The minimum atomic E-state index is -1.17. The van der Waals surface area contributed by atoms with E-state index < -0.39 is 14.2 Å². The van der Waals surface area contributed by atoms with Gasteiger partial charge in [0.05, 0.1) is 5.69 Å². The lowest BCUT2D eigenvalue weighted by atomic mass is 10.0. The summed E-state index contributed by atoms with van der Waals surface area (Å²) in [7, 11) is 0.532. The Hall–Kier alpha value is -2.59. The van der Waals surface area contributed by atoms with Crippen LogP contribution in [0.15, 0.2) is 29.2 Å². The van der Waals surface area contributed by atoms with E-state index in [0.29, 0.717) is 19.2 Å². The summed E-state index contributed by atoms with van der Waals surface area (Å²) in [4.78, 5) is 22.6. The van der Waals surface area contributed by atoms with E-state index in [1.807, 2.05) is 10.7 Å². The van der Waals surface area contributed by atoms with Gasteiger partial charge in [0.25, 0.3) is 0 Å². The highest BCUT2D eigenvalue weighted by Gasteiger charge is 2.30. The lowest BCUT2D eigenvalue weighted by Crippen LogP contribution is -2.31. The molecule has 0 radical (unpaired) electrons. The van der Waals surface area contributed by atoms with E-state index in [1.54, 1.807) is 19.3 Å². The average molecular weight is 448 g/mol. The number of ether oxygens (including phenoxy) is 1. The van der Waals surface area contributed by atoms with Crippen LogP contribution in [0.2, 0.25) is 25.7 Å². The lowest BCUT2D eigenvalue weighted by Gasteiger charge is -2.17. The molecule has 3 rings (SSSR count). The van der Waals surface area contributed by atoms with Crippen LogP contribution in [0.25, 0.3) is 0 Å². The lowest BCUT2D eigenvalue weighted by molar-refractivity contribution is 0.0758. The maximum atomic E-state index is 11.6. The topological polar surface area (TPSA) is 110 Å². The molecule has 0 bridgehead atoms. The van der Waals surface area contributed by atoms with Crippen molar-refractivity contribution in [1.29, 1.82) is 0 Å². The Morgan fingerprint density at radius 2 is 2.10 bits per heavy atom. The highest BCUT2D eigenvalue weighted by atomic mass is 28.3. The molecule has 2 heterocycles. The number of hydrogen-bond donors (Lipinski definition) is 3. The van der Waals surface area contributed by atoms with Gasteiger partial charge in [-0.05, 0) is 31.4 Å². The quantitative estimate of drug-likeness (QED) is 0.401. The van der Waals surface area contributed by atoms with E-state index in [0.717, 1.165) is 36.7 Å². The molecule has 0 aliphatic heterocycles. The van der Waals surface area contributed by atoms with Gasteiger partial charge in [-0.3, -0.25) is 4.79 Å². The first kappa shape index (κ1) is 23.1. The smallest absolute Gasteiger partial charge is 0.404 e. The summed E-state index contributed by atoms with van der Waals surface area (Å²) in [5.74, 6) is 0.887. The van der Waals surface area contributed by atoms with Crippen molar-refractivity contribution in [2.24, 2.45) is 7.05 Å². The summed E-state index contributed by atoms with van der Waals surface area (Å²) in [5, 5.41) is 19.6. The summed E-state index contributed by atoms with van der Waals surface area (Å²) in [6.45, 7) is 8.02. The molecule has 1 aliphatic rings. The molecule has 3 N–H and O–H groups in total. The van der Waals surface area contributed by atoms with E-state index in [4.69, 9.17) is 9.84 Å². The molecule has 2 aromatic heterocycles. The molecule has 1 unspecified atom stereocenters. The fourth-order valence-electron chi connectivity index (χ4n) is 3.83. The number of pyridine rings is 1. The molecule has 9 nitrogen and oxygen atoms in total. The Morgan fingerprint density at radius 1 is 1.32 bits per heavy atom. The van der Waals surface area contributed by atoms with Gasteiger partial charge in [0, 0.05) is 57.7 Å². The van der Waals surface area contributed by atoms with Gasteiger partial charge in [-0.1, -0.05) is 19.6 Å². The molecule has 1 amide bonds. The maximum absolute atomic E-state index is 11.6. The molecule has 1 aliphatic carbocycles. The van der Waals surface area contributed by atoms with Crippen molar-refractivity contribution in [3.05, 3.63) is 40.4 Å². The zero-order valence-corrected chi connectivity index (χ0v) is 19.7. The monoisotopic (exact) mass is 447 g/mol. The molecule has 1 fully saturated rings. The highest BCUT2D eigenvalue weighted by Crippen LogP contribution is 2.36. The summed E-state index contributed by atoms with van der Waals surface area (Å²) < 4.78 is 9.33. The number of amides is 1. The van der Waals surface area contributed by atoms with Gasteiger partial charge in [-0.2, -0.15) is 5.10 Å². The zero-order valence-electron chi connectivity index (χ0n) is 18.7. The predicted octanol–water partition coefficient (Wildman–Crippen LogP) is 3.54. The molecular formula is C21H33N5O4Si. The first-order valence-corrected chi connectivity index (χ1v) is 14.4. The van der Waals surface area contributed by atoms with Gasteiger partial charge in [-0.15, -0.1) is 0 Å². The van der Waals surface area contributed by atoms with Crippen LogP contribution in [0, 0.1) is 0 Å². The molecule has 0 saturated heterocycles. The Morgan fingerprint density at radius 3 is 2.77 bits per heavy atom. The normalized spacial score (nSPS) is 18.8. The summed E-state index contributed by atoms with van der Waals surface area (Å²) in [6.07, 6.45) is 3.19. The van der Waals surface area contributed by atoms with Crippen LogP contribution in [0.1, 0.15) is 30.9 Å². The van der Waals surface area contributed by atoms with Crippen LogP contribution in [-0.4, -0.2) is 46.3 Å². The molecule has 0 spiro atoms. The number of aromatic nitrogens is 3. The number of nitrogens with zero attached hydrogens (tertiary/aromatic N) is 3. The van der Waals surface area contributed by atoms with Gasteiger partial charge >= 0.3 is 6.09 Å². The number of hydrogen-bond acceptors (Lipinski definition) is 5. The fraction of sp³-hybridized carbons (Fsp3) is 0.571. The van der Waals surface area contributed by atoms with E-state index in [9.17, 15) is 9.59 Å². The number of carboxylic acid groups (broad SMARTS) is 1. The first-order chi connectivity index (χ1) is 14.6. The Bertz CT molecular complexity index is 965. The molecule has 170 valence electrons. The number of anilines is 2. The van der Waals surface area contributed by atoms with Crippen LogP contribution in [-0.2, 0) is 18.5 Å². The van der Waals surface area contributed by atoms with Crippen LogP contribution in [0.4, 0.5) is 16.3 Å². The van der Waals surface area contributed by atoms with Crippen molar-refractivity contribution in [3.8, 4) is 0 Å².